The third-order valence-corrected chi connectivity index (χ3v) is 2.94. The zero-order valence-corrected chi connectivity index (χ0v) is 9.85. The fourth-order valence-electron chi connectivity index (χ4n) is 1.50. The molecule has 84 valence electrons. The Morgan fingerprint density at radius 3 is 2.88 bits per heavy atom. The van der Waals surface area contributed by atoms with Crippen LogP contribution in [0.1, 0.15) is 18.4 Å². The molecule has 0 radical (unpaired) electrons. The maximum absolute atomic E-state index is 6.10. The van der Waals surface area contributed by atoms with Gasteiger partial charge in [-0.25, -0.2) is 4.68 Å². The predicted molar refractivity (Wildman–Crippen MR) is 66.0 cm³/mol. The summed E-state index contributed by atoms with van der Waals surface area (Å²) in [5.41, 5.74) is 7.63. The molecule has 0 saturated heterocycles. The fraction of sp³-hybridized carbons (Fsp3) is 0.250. The van der Waals surface area contributed by atoms with Crippen molar-refractivity contribution in [3.05, 3.63) is 47.2 Å². The minimum Gasteiger partial charge on any atom is -0.330 e. The van der Waals surface area contributed by atoms with Crippen LogP contribution in [-0.4, -0.2) is 16.3 Å². The second kappa shape index (κ2) is 4.68. The van der Waals surface area contributed by atoms with Crippen LogP contribution in [0, 0.1) is 0 Å². The SMILES string of the molecule is CC(CN)c1cnn(-c2ccccc2Cl)c1. The van der Waals surface area contributed by atoms with Crippen molar-refractivity contribution in [2.24, 2.45) is 5.73 Å². The third-order valence-electron chi connectivity index (χ3n) is 2.62. The first kappa shape index (κ1) is 11.2. The van der Waals surface area contributed by atoms with E-state index < -0.39 is 0 Å². The summed E-state index contributed by atoms with van der Waals surface area (Å²) in [6, 6.07) is 7.63. The largest absolute Gasteiger partial charge is 0.330 e. The molecule has 0 aliphatic carbocycles. The molecule has 0 fully saturated rings. The molecule has 1 unspecified atom stereocenters. The van der Waals surface area contributed by atoms with Crippen LogP contribution >= 0.6 is 11.6 Å². The summed E-state index contributed by atoms with van der Waals surface area (Å²) in [6.07, 6.45) is 3.81. The number of nitrogens with zero attached hydrogens (tertiary/aromatic N) is 2. The van der Waals surface area contributed by atoms with Crippen molar-refractivity contribution in [2.75, 3.05) is 6.54 Å². The number of benzene rings is 1. The Hall–Kier alpha value is -1.32. The fourth-order valence-corrected chi connectivity index (χ4v) is 1.72. The van der Waals surface area contributed by atoms with E-state index in [2.05, 4.69) is 12.0 Å². The second-order valence-corrected chi connectivity index (χ2v) is 4.21. The average molecular weight is 236 g/mol. The van der Waals surface area contributed by atoms with Crippen LogP contribution in [0.25, 0.3) is 5.69 Å². The molecular weight excluding hydrogens is 222 g/mol. The van der Waals surface area contributed by atoms with E-state index in [9.17, 15) is 0 Å². The van der Waals surface area contributed by atoms with Gasteiger partial charge in [0.15, 0.2) is 0 Å². The lowest BCUT2D eigenvalue weighted by Gasteiger charge is -2.05. The molecule has 0 saturated carbocycles. The van der Waals surface area contributed by atoms with E-state index in [0.29, 0.717) is 17.5 Å². The normalized spacial score (nSPS) is 12.7. The van der Waals surface area contributed by atoms with Crippen molar-refractivity contribution in [3.8, 4) is 5.69 Å². The molecule has 16 heavy (non-hydrogen) atoms. The van der Waals surface area contributed by atoms with Crippen LogP contribution < -0.4 is 5.73 Å². The van der Waals surface area contributed by atoms with E-state index in [1.807, 2.05) is 36.7 Å². The second-order valence-electron chi connectivity index (χ2n) is 3.81. The molecule has 1 atom stereocenters. The highest BCUT2D eigenvalue weighted by atomic mass is 35.5. The van der Waals surface area contributed by atoms with Gasteiger partial charge >= 0.3 is 0 Å². The molecule has 2 rings (SSSR count). The van der Waals surface area contributed by atoms with E-state index in [4.69, 9.17) is 17.3 Å². The number of hydrogen-bond donors (Lipinski definition) is 1. The Balaban J connectivity index is 2.35. The smallest absolute Gasteiger partial charge is 0.0831 e. The molecule has 0 aliphatic heterocycles. The Bertz CT molecular complexity index is 479. The minimum atomic E-state index is 0.316. The van der Waals surface area contributed by atoms with Gasteiger partial charge < -0.3 is 5.73 Å². The van der Waals surface area contributed by atoms with Crippen molar-refractivity contribution in [1.82, 2.24) is 9.78 Å². The molecule has 2 N–H and O–H groups in total. The highest BCUT2D eigenvalue weighted by Gasteiger charge is 2.08. The number of nitrogens with two attached hydrogens (primary N) is 1. The molecule has 1 heterocycles. The van der Waals surface area contributed by atoms with Crippen LogP contribution in [-0.2, 0) is 0 Å². The Labute approximate surface area is 99.8 Å². The standard InChI is InChI=1S/C12H14ClN3/c1-9(6-14)10-7-15-16(8-10)12-5-3-2-4-11(12)13/h2-5,7-9H,6,14H2,1H3. The van der Waals surface area contributed by atoms with Gasteiger partial charge in [0.2, 0.25) is 0 Å². The molecule has 1 aromatic carbocycles. The number of para-hydroxylation sites is 1. The van der Waals surface area contributed by atoms with Crippen molar-refractivity contribution in [2.45, 2.75) is 12.8 Å². The molecule has 2 aromatic rings. The molecule has 3 nitrogen and oxygen atoms in total. The minimum absolute atomic E-state index is 0.316. The lowest BCUT2D eigenvalue weighted by molar-refractivity contribution is 0.773. The highest BCUT2D eigenvalue weighted by molar-refractivity contribution is 6.32. The predicted octanol–water partition coefficient (Wildman–Crippen LogP) is 2.59. The van der Waals surface area contributed by atoms with E-state index in [1.54, 1.807) is 4.68 Å². The summed E-state index contributed by atoms with van der Waals surface area (Å²) in [5.74, 6) is 0.316. The number of hydrogen-bond acceptors (Lipinski definition) is 2. The van der Waals surface area contributed by atoms with Gasteiger partial charge in [0.05, 0.1) is 16.9 Å². The first-order chi connectivity index (χ1) is 7.72. The molecule has 1 aromatic heterocycles. The topological polar surface area (TPSA) is 43.8 Å². The van der Waals surface area contributed by atoms with Crippen LogP contribution in [0.4, 0.5) is 0 Å². The molecule has 0 amide bonds. The lowest BCUT2D eigenvalue weighted by Crippen LogP contribution is -2.07. The van der Waals surface area contributed by atoms with Crippen molar-refractivity contribution >= 4 is 11.6 Å². The maximum Gasteiger partial charge on any atom is 0.0831 e. The number of halogens is 1. The van der Waals surface area contributed by atoms with Crippen molar-refractivity contribution in [1.29, 1.82) is 0 Å². The molecule has 0 bridgehead atoms. The summed E-state index contributed by atoms with van der Waals surface area (Å²) in [5, 5.41) is 4.99. The third kappa shape index (κ3) is 2.10. The van der Waals surface area contributed by atoms with E-state index in [1.165, 1.54) is 0 Å². The summed E-state index contributed by atoms with van der Waals surface area (Å²) in [6.45, 7) is 2.70. The van der Waals surface area contributed by atoms with Crippen LogP contribution in [0.15, 0.2) is 36.7 Å². The van der Waals surface area contributed by atoms with Gasteiger partial charge in [-0.2, -0.15) is 5.10 Å². The van der Waals surface area contributed by atoms with Gasteiger partial charge in [-0.1, -0.05) is 30.7 Å². The summed E-state index contributed by atoms with van der Waals surface area (Å²) < 4.78 is 1.78. The van der Waals surface area contributed by atoms with Gasteiger partial charge in [-0.05, 0) is 30.2 Å². The first-order valence-electron chi connectivity index (χ1n) is 5.22. The van der Waals surface area contributed by atoms with E-state index in [-0.39, 0.29) is 0 Å². The van der Waals surface area contributed by atoms with Gasteiger partial charge in [0.25, 0.3) is 0 Å². The molecule has 4 heteroatoms. The maximum atomic E-state index is 6.10. The summed E-state index contributed by atoms with van der Waals surface area (Å²) in [4.78, 5) is 0. The Morgan fingerprint density at radius 1 is 1.44 bits per heavy atom. The Kier molecular flexibility index (Phi) is 3.27. The quantitative estimate of drug-likeness (QED) is 0.889. The van der Waals surface area contributed by atoms with Gasteiger partial charge in [0.1, 0.15) is 0 Å². The van der Waals surface area contributed by atoms with Gasteiger partial charge in [0, 0.05) is 6.20 Å². The zero-order valence-electron chi connectivity index (χ0n) is 9.10. The van der Waals surface area contributed by atoms with Gasteiger partial charge in [-0.3, -0.25) is 0 Å². The molecule has 0 aliphatic rings. The zero-order chi connectivity index (χ0) is 11.5. The van der Waals surface area contributed by atoms with E-state index in [0.717, 1.165) is 11.3 Å². The monoisotopic (exact) mass is 235 g/mol. The lowest BCUT2D eigenvalue weighted by atomic mass is 10.1. The van der Waals surface area contributed by atoms with Crippen LogP contribution in [0.5, 0.6) is 0 Å². The first-order valence-corrected chi connectivity index (χ1v) is 5.59. The average Bonchev–Trinajstić information content (AvgIpc) is 2.78. The van der Waals surface area contributed by atoms with Gasteiger partial charge in [-0.15, -0.1) is 0 Å². The van der Waals surface area contributed by atoms with Crippen LogP contribution in [0.3, 0.4) is 0 Å². The number of aromatic nitrogens is 2. The molecular formula is C12H14ClN3. The van der Waals surface area contributed by atoms with E-state index >= 15 is 0 Å². The van der Waals surface area contributed by atoms with Crippen molar-refractivity contribution < 1.29 is 0 Å². The highest BCUT2D eigenvalue weighted by Crippen LogP contribution is 2.21. The summed E-state index contributed by atoms with van der Waals surface area (Å²) in [7, 11) is 0. The van der Waals surface area contributed by atoms with Crippen molar-refractivity contribution in [3.63, 3.8) is 0 Å². The van der Waals surface area contributed by atoms with Crippen LogP contribution in [0.2, 0.25) is 5.02 Å². The summed E-state index contributed by atoms with van der Waals surface area (Å²) >= 11 is 6.10. The Morgan fingerprint density at radius 2 is 2.19 bits per heavy atom. The molecule has 0 spiro atoms. The number of rotatable bonds is 3.